The molecule has 1 heterocycles. The van der Waals surface area contributed by atoms with Gasteiger partial charge in [-0.15, -0.1) is 0 Å². The topological polar surface area (TPSA) is 46.6 Å². The van der Waals surface area contributed by atoms with Gasteiger partial charge in [0.2, 0.25) is 5.91 Å². The van der Waals surface area contributed by atoms with Crippen LogP contribution in [0.15, 0.2) is 18.2 Å². The van der Waals surface area contributed by atoms with Crippen LogP contribution in [0.25, 0.3) is 0 Å². The van der Waals surface area contributed by atoms with Crippen molar-refractivity contribution in [1.29, 1.82) is 0 Å². The van der Waals surface area contributed by atoms with E-state index in [2.05, 4.69) is 4.74 Å². The summed E-state index contributed by atoms with van der Waals surface area (Å²) in [6.07, 6.45) is 0.150. The molecule has 2 rings (SSSR count). The van der Waals surface area contributed by atoms with Crippen LogP contribution in [0.4, 0.5) is 5.69 Å². The molecule has 1 fully saturated rings. The maximum atomic E-state index is 11.9. The second kappa shape index (κ2) is 5.16. The molecule has 1 atom stereocenters. The average molecular weight is 288 g/mol. The van der Waals surface area contributed by atoms with E-state index >= 15 is 0 Å². The molecule has 1 aromatic rings. The van der Waals surface area contributed by atoms with Crippen molar-refractivity contribution < 1.29 is 14.3 Å². The lowest BCUT2D eigenvalue weighted by Crippen LogP contribution is -2.26. The number of benzene rings is 1. The van der Waals surface area contributed by atoms with Gasteiger partial charge in [-0.25, -0.2) is 0 Å². The second-order valence-corrected chi connectivity index (χ2v) is 4.93. The third-order valence-electron chi connectivity index (χ3n) is 2.82. The first-order valence-electron chi connectivity index (χ1n) is 5.35. The van der Waals surface area contributed by atoms with E-state index in [0.717, 1.165) is 0 Å². The molecule has 1 amide bonds. The van der Waals surface area contributed by atoms with Gasteiger partial charge in [0.05, 0.1) is 13.0 Å². The Morgan fingerprint density at radius 1 is 1.33 bits per heavy atom. The Labute approximate surface area is 114 Å². The number of hydrogen-bond acceptors (Lipinski definition) is 3. The van der Waals surface area contributed by atoms with E-state index in [1.807, 2.05) is 0 Å². The van der Waals surface area contributed by atoms with E-state index in [4.69, 9.17) is 23.2 Å². The van der Waals surface area contributed by atoms with Gasteiger partial charge < -0.3 is 9.64 Å². The van der Waals surface area contributed by atoms with E-state index < -0.39 is 5.92 Å². The van der Waals surface area contributed by atoms with Crippen LogP contribution in [0.1, 0.15) is 6.42 Å². The van der Waals surface area contributed by atoms with Crippen LogP contribution in [-0.4, -0.2) is 25.5 Å². The van der Waals surface area contributed by atoms with Gasteiger partial charge in [0, 0.05) is 28.7 Å². The molecule has 0 radical (unpaired) electrons. The van der Waals surface area contributed by atoms with Crippen molar-refractivity contribution in [3.8, 4) is 0 Å². The number of ether oxygens (including phenoxy) is 1. The lowest BCUT2D eigenvalue weighted by Gasteiger charge is -2.17. The Kier molecular flexibility index (Phi) is 3.78. The Morgan fingerprint density at radius 3 is 2.50 bits per heavy atom. The molecule has 4 nitrogen and oxygen atoms in total. The normalized spacial score (nSPS) is 19.2. The molecule has 0 N–H and O–H groups in total. The summed E-state index contributed by atoms with van der Waals surface area (Å²) in [5.41, 5.74) is 0.601. The maximum Gasteiger partial charge on any atom is 0.311 e. The van der Waals surface area contributed by atoms with Gasteiger partial charge in [0.15, 0.2) is 0 Å². The lowest BCUT2D eigenvalue weighted by atomic mass is 10.1. The van der Waals surface area contributed by atoms with Gasteiger partial charge in [0.25, 0.3) is 0 Å². The molecule has 18 heavy (non-hydrogen) atoms. The summed E-state index contributed by atoms with van der Waals surface area (Å²) in [4.78, 5) is 24.8. The fourth-order valence-corrected chi connectivity index (χ4v) is 2.49. The monoisotopic (exact) mass is 287 g/mol. The van der Waals surface area contributed by atoms with E-state index in [1.165, 1.54) is 12.0 Å². The minimum atomic E-state index is -0.430. The zero-order chi connectivity index (χ0) is 13.3. The minimum Gasteiger partial charge on any atom is -0.469 e. The first-order chi connectivity index (χ1) is 8.51. The zero-order valence-corrected chi connectivity index (χ0v) is 11.2. The van der Waals surface area contributed by atoms with E-state index in [0.29, 0.717) is 22.3 Å². The van der Waals surface area contributed by atoms with Crippen LogP contribution >= 0.6 is 23.2 Å². The number of carbonyl (C=O) groups excluding carboxylic acids is 2. The first kappa shape index (κ1) is 13.2. The van der Waals surface area contributed by atoms with Crippen molar-refractivity contribution in [2.24, 2.45) is 5.92 Å². The molecule has 0 aromatic heterocycles. The largest absolute Gasteiger partial charge is 0.469 e. The van der Waals surface area contributed by atoms with Crippen molar-refractivity contribution >= 4 is 40.8 Å². The molecule has 1 saturated heterocycles. The average Bonchev–Trinajstić information content (AvgIpc) is 2.69. The van der Waals surface area contributed by atoms with Crippen molar-refractivity contribution in [3.63, 3.8) is 0 Å². The molecule has 6 heteroatoms. The number of methoxy groups -OCH3 is 1. The lowest BCUT2D eigenvalue weighted by molar-refractivity contribution is -0.145. The number of nitrogens with zero attached hydrogens (tertiary/aromatic N) is 1. The zero-order valence-electron chi connectivity index (χ0n) is 9.65. The van der Waals surface area contributed by atoms with E-state index in [-0.39, 0.29) is 18.3 Å². The van der Waals surface area contributed by atoms with Crippen LogP contribution in [0.2, 0.25) is 10.0 Å². The van der Waals surface area contributed by atoms with Crippen molar-refractivity contribution in [2.45, 2.75) is 6.42 Å². The van der Waals surface area contributed by atoms with Crippen molar-refractivity contribution in [3.05, 3.63) is 28.2 Å². The SMILES string of the molecule is COC(=O)[C@H]1CC(=O)N(c2cc(Cl)cc(Cl)c2)C1. The van der Waals surface area contributed by atoms with Crippen LogP contribution in [-0.2, 0) is 14.3 Å². The molecule has 0 saturated carbocycles. The summed E-state index contributed by atoms with van der Waals surface area (Å²) in [5, 5.41) is 0.902. The first-order valence-corrected chi connectivity index (χ1v) is 6.11. The second-order valence-electron chi connectivity index (χ2n) is 4.06. The number of rotatable bonds is 2. The predicted octanol–water partition coefficient (Wildman–Crippen LogP) is 2.52. The van der Waals surface area contributed by atoms with E-state index in [9.17, 15) is 9.59 Å². The Hall–Kier alpha value is -1.26. The Morgan fingerprint density at radius 2 is 1.94 bits per heavy atom. The van der Waals surface area contributed by atoms with Crippen molar-refractivity contribution in [2.75, 3.05) is 18.6 Å². The van der Waals surface area contributed by atoms with Crippen LogP contribution in [0.3, 0.4) is 0 Å². The molecule has 0 unspecified atom stereocenters. The summed E-state index contributed by atoms with van der Waals surface area (Å²) in [7, 11) is 1.31. The highest BCUT2D eigenvalue weighted by molar-refractivity contribution is 6.35. The molecular formula is C12H11Cl2NO3. The molecule has 1 aliphatic rings. The minimum absolute atomic E-state index is 0.135. The summed E-state index contributed by atoms with van der Waals surface area (Å²) < 4.78 is 4.64. The van der Waals surface area contributed by atoms with Gasteiger partial charge in [-0.1, -0.05) is 23.2 Å². The molecule has 1 aliphatic heterocycles. The molecule has 0 bridgehead atoms. The van der Waals surface area contributed by atoms with Crippen LogP contribution in [0, 0.1) is 5.92 Å². The van der Waals surface area contributed by atoms with Gasteiger partial charge in [-0.2, -0.15) is 0 Å². The highest BCUT2D eigenvalue weighted by atomic mass is 35.5. The van der Waals surface area contributed by atoms with Crippen LogP contribution in [0.5, 0.6) is 0 Å². The molecule has 96 valence electrons. The number of esters is 1. The molecule has 0 aliphatic carbocycles. The summed E-state index contributed by atoms with van der Waals surface area (Å²) in [6.45, 7) is 0.294. The summed E-state index contributed by atoms with van der Waals surface area (Å²) >= 11 is 11.8. The third-order valence-corrected chi connectivity index (χ3v) is 3.25. The van der Waals surface area contributed by atoms with E-state index in [1.54, 1.807) is 18.2 Å². The molecule has 1 aromatic carbocycles. The van der Waals surface area contributed by atoms with Crippen LogP contribution < -0.4 is 4.90 Å². The quantitative estimate of drug-likeness (QED) is 0.786. The number of carbonyl (C=O) groups is 2. The number of anilines is 1. The van der Waals surface area contributed by atoms with Gasteiger partial charge in [-0.05, 0) is 18.2 Å². The summed E-state index contributed by atoms with van der Waals surface area (Å²) in [5.74, 6) is -0.942. The maximum absolute atomic E-state index is 11.9. The number of amides is 1. The van der Waals surface area contributed by atoms with Gasteiger partial charge >= 0.3 is 5.97 Å². The third kappa shape index (κ3) is 2.60. The van der Waals surface area contributed by atoms with Gasteiger partial charge in [0.1, 0.15) is 0 Å². The predicted molar refractivity (Wildman–Crippen MR) is 68.9 cm³/mol. The Balaban J connectivity index is 2.24. The fourth-order valence-electron chi connectivity index (χ4n) is 1.98. The highest BCUT2D eigenvalue weighted by Gasteiger charge is 2.35. The standard InChI is InChI=1S/C12H11Cl2NO3/c1-18-12(17)7-2-11(16)15(6-7)10-4-8(13)3-9(14)5-10/h3-5,7H,2,6H2,1H3/t7-/m0/s1. The Bertz CT molecular complexity index is 484. The highest BCUT2D eigenvalue weighted by Crippen LogP contribution is 2.30. The summed E-state index contributed by atoms with van der Waals surface area (Å²) in [6, 6.07) is 4.88. The number of hydrogen-bond donors (Lipinski definition) is 0. The van der Waals surface area contributed by atoms with Crippen molar-refractivity contribution in [1.82, 2.24) is 0 Å². The number of halogens is 2. The smallest absolute Gasteiger partial charge is 0.311 e. The molecule has 0 spiro atoms. The molecular weight excluding hydrogens is 277 g/mol. The van der Waals surface area contributed by atoms with Gasteiger partial charge in [-0.3, -0.25) is 9.59 Å². The fraction of sp³-hybridized carbons (Fsp3) is 0.333.